The highest BCUT2D eigenvalue weighted by atomic mass is 79.9. The van der Waals surface area contributed by atoms with Crippen molar-refractivity contribution in [3.63, 3.8) is 0 Å². The molecule has 0 aliphatic rings. The molecule has 0 aliphatic carbocycles. The molecule has 3 aromatic rings. The van der Waals surface area contributed by atoms with Crippen LogP contribution < -0.4 is 14.5 Å². The minimum atomic E-state index is -2.17. The SMILES string of the molecule is COc1cccc(C(=O)Nc2cc(C)c(Br)c3ccc(O[Si](C(C)C)(C(C)C)C(C)C)c(Br)c23)c1. The number of benzene rings is 3. The number of carbonyl (C=O) groups excluding carboxylic acids is 1. The molecule has 0 radical (unpaired) electrons. The predicted molar refractivity (Wildman–Crippen MR) is 157 cm³/mol. The Morgan fingerprint density at radius 1 is 0.914 bits per heavy atom. The Balaban J connectivity index is 2.16. The van der Waals surface area contributed by atoms with Gasteiger partial charge in [0.15, 0.2) is 0 Å². The van der Waals surface area contributed by atoms with E-state index in [0.717, 1.165) is 36.7 Å². The van der Waals surface area contributed by atoms with Crippen LogP contribution in [0.5, 0.6) is 11.5 Å². The van der Waals surface area contributed by atoms with Gasteiger partial charge in [0.05, 0.1) is 17.3 Å². The third-order valence-electron chi connectivity index (χ3n) is 6.89. The molecule has 1 N–H and O–H groups in total. The fourth-order valence-electron chi connectivity index (χ4n) is 5.25. The zero-order valence-corrected chi connectivity index (χ0v) is 25.9. The Hall–Kier alpha value is -1.83. The van der Waals surface area contributed by atoms with Crippen molar-refractivity contribution >= 4 is 62.5 Å². The number of amides is 1. The van der Waals surface area contributed by atoms with Crippen LogP contribution >= 0.6 is 31.9 Å². The molecule has 0 saturated heterocycles. The number of carbonyl (C=O) groups is 1. The molecule has 0 heterocycles. The molecule has 0 aromatic heterocycles. The number of aryl methyl sites for hydroxylation is 1. The number of anilines is 1. The van der Waals surface area contributed by atoms with Crippen LogP contribution in [0.4, 0.5) is 5.69 Å². The lowest BCUT2D eigenvalue weighted by atomic mass is 10.0. The van der Waals surface area contributed by atoms with E-state index in [4.69, 9.17) is 9.16 Å². The number of nitrogens with one attached hydrogen (secondary N) is 1. The van der Waals surface area contributed by atoms with Crippen molar-refractivity contribution in [2.75, 3.05) is 12.4 Å². The highest BCUT2D eigenvalue weighted by Gasteiger charge is 2.47. The van der Waals surface area contributed by atoms with Gasteiger partial charge in [0.2, 0.25) is 0 Å². The molecule has 7 heteroatoms. The molecule has 0 bridgehead atoms. The Morgan fingerprint density at radius 3 is 2.11 bits per heavy atom. The second-order valence-corrected chi connectivity index (χ2v) is 16.9. The highest BCUT2D eigenvalue weighted by molar-refractivity contribution is 9.11. The van der Waals surface area contributed by atoms with Crippen molar-refractivity contribution in [1.29, 1.82) is 0 Å². The largest absolute Gasteiger partial charge is 0.542 e. The van der Waals surface area contributed by atoms with E-state index in [-0.39, 0.29) is 5.91 Å². The minimum absolute atomic E-state index is 0.194. The molecule has 0 atom stereocenters. The summed E-state index contributed by atoms with van der Waals surface area (Å²) >= 11 is 7.62. The van der Waals surface area contributed by atoms with Crippen LogP contribution in [0.3, 0.4) is 0 Å². The Labute approximate surface area is 227 Å². The van der Waals surface area contributed by atoms with E-state index in [1.807, 2.05) is 25.1 Å². The third-order valence-corrected chi connectivity index (χ3v) is 14.7. The van der Waals surface area contributed by atoms with Gasteiger partial charge in [-0.05, 0) is 103 Å². The van der Waals surface area contributed by atoms with Crippen LogP contribution in [-0.2, 0) is 0 Å². The summed E-state index contributed by atoms with van der Waals surface area (Å²) in [7, 11) is -0.574. The molecular formula is C28H35Br2NO3Si. The number of hydrogen-bond donors (Lipinski definition) is 1. The maximum absolute atomic E-state index is 13.2. The third kappa shape index (κ3) is 5.32. The number of methoxy groups -OCH3 is 1. The molecule has 1 amide bonds. The average molecular weight is 621 g/mol. The summed E-state index contributed by atoms with van der Waals surface area (Å²) in [6, 6.07) is 13.3. The first-order valence-electron chi connectivity index (χ1n) is 12.0. The normalized spacial score (nSPS) is 12.0. The molecule has 4 nitrogen and oxygen atoms in total. The summed E-state index contributed by atoms with van der Waals surface area (Å²) in [5, 5.41) is 5.05. The van der Waals surface area contributed by atoms with Crippen molar-refractivity contribution in [2.45, 2.75) is 65.1 Å². The van der Waals surface area contributed by atoms with Crippen molar-refractivity contribution in [3.05, 3.63) is 62.5 Å². The fourth-order valence-corrected chi connectivity index (χ4v) is 11.7. The van der Waals surface area contributed by atoms with E-state index in [1.165, 1.54) is 0 Å². The smallest absolute Gasteiger partial charge is 0.258 e. The van der Waals surface area contributed by atoms with Gasteiger partial charge in [-0.2, -0.15) is 0 Å². The maximum atomic E-state index is 13.2. The maximum Gasteiger partial charge on any atom is 0.258 e. The van der Waals surface area contributed by atoms with Crippen LogP contribution in [-0.4, -0.2) is 21.3 Å². The van der Waals surface area contributed by atoms with Gasteiger partial charge >= 0.3 is 0 Å². The Bertz CT molecular complexity index is 1220. The first kappa shape index (κ1) is 27.7. The Kier molecular flexibility index (Phi) is 8.76. The summed E-state index contributed by atoms with van der Waals surface area (Å²) in [5.74, 6) is 1.28. The number of ether oxygens (including phenoxy) is 1. The highest BCUT2D eigenvalue weighted by Crippen LogP contribution is 2.47. The van der Waals surface area contributed by atoms with Crippen LogP contribution in [0.2, 0.25) is 16.6 Å². The first-order chi connectivity index (χ1) is 16.4. The van der Waals surface area contributed by atoms with E-state index < -0.39 is 8.32 Å². The van der Waals surface area contributed by atoms with E-state index in [2.05, 4.69) is 90.9 Å². The van der Waals surface area contributed by atoms with Crippen molar-refractivity contribution in [2.24, 2.45) is 0 Å². The van der Waals surface area contributed by atoms with Crippen LogP contribution in [0.15, 0.2) is 51.4 Å². The van der Waals surface area contributed by atoms with Gasteiger partial charge in [0, 0.05) is 15.4 Å². The van der Waals surface area contributed by atoms with Gasteiger partial charge < -0.3 is 14.5 Å². The van der Waals surface area contributed by atoms with E-state index >= 15 is 0 Å². The standard InChI is InChI=1S/C28H35Br2NO3Si/c1-16(2)35(17(3)4,18(5)6)34-24-13-12-22-25(27(24)30)23(14-19(7)26(22)29)31-28(32)20-10-9-11-21(15-20)33-8/h9-18H,1-8H3,(H,31,32). The second-order valence-electron chi connectivity index (χ2n) is 9.96. The van der Waals surface area contributed by atoms with E-state index in [9.17, 15) is 4.79 Å². The lowest BCUT2D eigenvalue weighted by molar-refractivity contribution is 0.102. The predicted octanol–water partition coefficient (Wildman–Crippen LogP) is 9.49. The van der Waals surface area contributed by atoms with Crippen LogP contribution in [0.1, 0.15) is 57.5 Å². The zero-order valence-electron chi connectivity index (χ0n) is 21.8. The van der Waals surface area contributed by atoms with E-state index in [1.54, 1.807) is 19.2 Å². The van der Waals surface area contributed by atoms with Crippen LogP contribution in [0, 0.1) is 6.92 Å². The van der Waals surface area contributed by atoms with Crippen molar-refractivity contribution in [1.82, 2.24) is 0 Å². The monoisotopic (exact) mass is 619 g/mol. The molecule has 3 aromatic carbocycles. The second kappa shape index (κ2) is 11.1. The quantitative estimate of drug-likeness (QED) is 0.255. The topological polar surface area (TPSA) is 47.6 Å². The fraction of sp³-hybridized carbons (Fsp3) is 0.393. The van der Waals surface area contributed by atoms with Crippen molar-refractivity contribution in [3.8, 4) is 11.5 Å². The molecule has 0 spiro atoms. The first-order valence-corrected chi connectivity index (χ1v) is 15.7. The zero-order chi connectivity index (χ0) is 26.1. The molecule has 0 aliphatic heterocycles. The number of fused-ring (bicyclic) bond motifs is 1. The average Bonchev–Trinajstić information content (AvgIpc) is 2.80. The van der Waals surface area contributed by atoms with Gasteiger partial charge in [-0.1, -0.05) is 47.6 Å². The molecule has 0 unspecified atom stereocenters. The van der Waals surface area contributed by atoms with Gasteiger partial charge in [0.25, 0.3) is 14.2 Å². The van der Waals surface area contributed by atoms with Crippen LogP contribution in [0.25, 0.3) is 10.8 Å². The lowest BCUT2D eigenvalue weighted by Crippen LogP contribution is -2.50. The molecule has 35 heavy (non-hydrogen) atoms. The number of rotatable bonds is 8. The molecule has 0 saturated carbocycles. The summed E-state index contributed by atoms with van der Waals surface area (Å²) in [6.45, 7) is 15.7. The van der Waals surface area contributed by atoms with Crippen molar-refractivity contribution < 1.29 is 14.0 Å². The number of hydrogen-bond acceptors (Lipinski definition) is 3. The lowest BCUT2D eigenvalue weighted by Gasteiger charge is -2.42. The molecule has 3 rings (SSSR count). The minimum Gasteiger partial charge on any atom is -0.542 e. The molecular weight excluding hydrogens is 586 g/mol. The van der Waals surface area contributed by atoms with Gasteiger partial charge in [-0.25, -0.2) is 0 Å². The van der Waals surface area contributed by atoms with Gasteiger partial charge in [-0.3, -0.25) is 4.79 Å². The van der Waals surface area contributed by atoms with Gasteiger partial charge in [0.1, 0.15) is 11.5 Å². The number of halogens is 2. The summed E-state index contributed by atoms with van der Waals surface area (Å²) in [6.07, 6.45) is 0. The van der Waals surface area contributed by atoms with E-state index in [0.29, 0.717) is 27.9 Å². The molecule has 0 fully saturated rings. The summed E-state index contributed by atoms with van der Waals surface area (Å²) in [5.41, 5.74) is 3.64. The summed E-state index contributed by atoms with van der Waals surface area (Å²) < 4.78 is 14.2. The Morgan fingerprint density at radius 2 is 1.54 bits per heavy atom. The summed E-state index contributed by atoms with van der Waals surface area (Å²) in [4.78, 5) is 13.2. The molecule has 188 valence electrons. The van der Waals surface area contributed by atoms with Gasteiger partial charge in [-0.15, -0.1) is 0 Å².